The van der Waals surface area contributed by atoms with E-state index in [0.717, 1.165) is 16.7 Å². The first kappa shape index (κ1) is 19.7. The summed E-state index contributed by atoms with van der Waals surface area (Å²) in [6.45, 7) is 1.96. The van der Waals surface area contributed by atoms with Crippen LogP contribution in [0.1, 0.15) is 22.6 Å². The number of hydrogen-bond donors (Lipinski definition) is 1. The molecule has 0 spiro atoms. The zero-order valence-electron chi connectivity index (χ0n) is 15.6. The minimum atomic E-state index is -1.09. The van der Waals surface area contributed by atoms with Gasteiger partial charge in [0, 0.05) is 11.7 Å². The number of thioether (sulfide) groups is 1. The van der Waals surface area contributed by atoms with Gasteiger partial charge >= 0.3 is 5.97 Å². The second-order valence-electron chi connectivity index (χ2n) is 6.51. The van der Waals surface area contributed by atoms with Gasteiger partial charge in [-0.15, -0.1) is 11.8 Å². The van der Waals surface area contributed by atoms with E-state index in [1.54, 1.807) is 0 Å². The molecule has 0 unspecified atom stereocenters. The molecule has 0 bridgehead atoms. The summed E-state index contributed by atoms with van der Waals surface area (Å²) in [6.07, 6.45) is 0. The molecule has 2 aromatic carbocycles. The first-order valence-corrected chi connectivity index (χ1v) is 9.80. The first-order chi connectivity index (χ1) is 13.5. The lowest BCUT2D eigenvalue weighted by Crippen LogP contribution is -2.44. The lowest BCUT2D eigenvalue weighted by atomic mass is 9.78. The van der Waals surface area contributed by atoms with Gasteiger partial charge in [-0.2, -0.15) is 5.26 Å². The van der Waals surface area contributed by atoms with Crippen LogP contribution in [-0.2, 0) is 20.1 Å². The first-order valence-electron chi connectivity index (χ1n) is 8.81. The van der Waals surface area contributed by atoms with E-state index in [2.05, 4.69) is 11.4 Å². The Hall–Kier alpha value is -3.04. The maximum atomic E-state index is 12.8. The van der Waals surface area contributed by atoms with E-state index in [-0.39, 0.29) is 0 Å². The Kier molecular flexibility index (Phi) is 6.17. The van der Waals surface area contributed by atoms with Gasteiger partial charge in [0.25, 0.3) is 0 Å². The molecule has 5 nitrogen and oxygen atoms in total. The summed E-state index contributed by atoms with van der Waals surface area (Å²) >= 11 is 1.38. The maximum Gasteiger partial charge on any atom is 0.319 e. The molecule has 1 amide bonds. The van der Waals surface area contributed by atoms with E-state index < -0.39 is 23.7 Å². The van der Waals surface area contributed by atoms with Gasteiger partial charge in [0.1, 0.15) is 5.92 Å². The van der Waals surface area contributed by atoms with Gasteiger partial charge in [0.2, 0.25) is 5.91 Å². The van der Waals surface area contributed by atoms with Crippen molar-refractivity contribution in [1.29, 1.82) is 5.26 Å². The number of methoxy groups -OCH3 is 1. The summed E-state index contributed by atoms with van der Waals surface area (Å²) in [5.41, 5.74) is 3.25. The number of nitrogens with zero attached hydrogens (tertiary/aromatic N) is 1. The monoisotopic (exact) mass is 392 g/mol. The molecule has 28 heavy (non-hydrogen) atoms. The van der Waals surface area contributed by atoms with E-state index in [0.29, 0.717) is 16.4 Å². The van der Waals surface area contributed by atoms with Gasteiger partial charge in [0.15, 0.2) is 0 Å². The highest BCUT2D eigenvalue weighted by atomic mass is 32.2. The van der Waals surface area contributed by atoms with Gasteiger partial charge in [-0.05, 0) is 18.1 Å². The van der Waals surface area contributed by atoms with Crippen LogP contribution < -0.4 is 5.32 Å². The van der Waals surface area contributed by atoms with Crippen molar-refractivity contribution in [3.05, 3.63) is 81.9 Å². The molecule has 0 fully saturated rings. The van der Waals surface area contributed by atoms with Crippen LogP contribution in [0.5, 0.6) is 0 Å². The Morgan fingerprint density at radius 2 is 1.86 bits per heavy atom. The summed E-state index contributed by atoms with van der Waals surface area (Å²) in [6, 6.07) is 19.5. The molecule has 1 N–H and O–H groups in total. The Morgan fingerprint density at radius 3 is 2.46 bits per heavy atom. The molecular formula is C22H20N2O3S. The summed E-state index contributed by atoms with van der Waals surface area (Å²) in [7, 11) is 1.25. The van der Waals surface area contributed by atoms with E-state index in [1.807, 2.05) is 61.5 Å². The van der Waals surface area contributed by atoms with Crippen molar-refractivity contribution in [3.8, 4) is 6.07 Å². The fourth-order valence-corrected chi connectivity index (χ4v) is 4.19. The molecule has 1 aliphatic rings. The van der Waals surface area contributed by atoms with Crippen LogP contribution in [0.3, 0.4) is 0 Å². The van der Waals surface area contributed by atoms with E-state index in [4.69, 9.17) is 4.74 Å². The summed E-state index contributed by atoms with van der Waals surface area (Å²) in [4.78, 5) is 25.1. The minimum Gasteiger partial charge on any atom is -0.468 e. The number of rotatable bonds is 5. The lowest BCUT2D eigenvalue weighted by Gasteiger charge is -2.31. The second kappa shape index (κ2) is 8.77. The molecule has 2 aromatic rings. The third-order valence-electron chi connectivity index (χ3n) is 4.65. The fraction of sp³-hybridized carbons (Fsp3) is 0.227. The molecule has 0 saturated carbocycles. The van der Waals surface area contributed by atoms with Gasteiger partial charge < -0.3 is 10.1 Å². The van der Waals surface area contributed by atoms with Crippen LogP contribution >= 0.6 is 11.8 Å². The number of nitriles is 1. The van der Waals surface area contributed by atoms with Crippen molar-refractivity contribution >= 4 is 23.6 Å². The predicted octanol–water partition coefficient (Wildman–Crippen LogP) is 3.67. The Balaban J connectivity index is 2.02. The van der Waals surface area contributed by atoms with Crippen molar-refractivity contribution in [2.75, 3.05) is 7.11 Å². The number of allylic oxidation sites excluding steroid dienone is 1. The van der Waals surface area contributed by atoms with E-state index in [1.165, 1.54) is 18.9 Å². The molecule has 6 heteroatoms. The number of aryl methyl sites for hydroxylation is 1. The highest BCUT2D eigenvalue weighted by molar-refractivity contribution is 8.02. The SMILES string of the molecule is COC(=O)[C@@H]1C(=O)NC(SCc2ccccc2)=C(C#N)[C@H]1c1ccc(C)cc1. The third-order valence-corrected chi connectivity index (χ3v) is 5.73. The van der Waals surface area contributed by atoms with Crippen LogP contribution in [-0.4, -0.2) is 19.0 Å². The number of ether oxygens (including phenoxy) is 1. The fourth-order valence-electron chi connectivity index (χ4n) is 3.18. The van der Waals surface area contributed by atoms with Gasteiger partial charge in [-0.3, -0.25) is 9.59 Å². The van der Waals surface area contributed by atoms with Crippen LogP contribution in [0, 0.1) is 24.2 Å². The number of esters is 1. The molecular weight excluding hydrogens is 372 g/mol. The lowest BCUT2D eigenvalue weighted by molar-refractivity contribution is -0.150. The maximum absolute atomic E-state index is 12.8. The molecule has 3 rings (SSSR count). The molecule has 1 heterocycles. The quantitative estimate of drug-likeness (QED) is 0.620. The van der Waals surface area contributed by atoms with Crippen molar-refractivity contribution in [3.63, 3.8) is 0 Å². The van der Waals surface area contributed by atoms with Gasteiger partial charge in [-0.1, -0.05) is 60.2 Å². The van der Waals surface area contributed by atoms with Crippen LogP contribution in [0.4, 0.5) is 0 Å². The van der Waals surface area contributed by atoms with Crippen molar-refractivity contribution in [2.45, 2.75) is 18.6 Å². The number of carbonyl (C=O) groups is 2. The molecule has 0 saturated heterocycles. The predicted molar refractivity (Wildman–Crippen MR) is 108 cm³/mol. The molecule has 2 atom stereocenters. The largest absolute Gasteiger partial charge is 0.468 e. The summed E-state index contributed by atoms with van der Waals surface area (Å²) in [5, 5.41) is 13.1. The normalized spacial score (nSPS) is 19.0. The van der Waals surface area contributed by atoms with Crippen LogP contribution in [0.2, 0.25) is 0 Å². The van der Waals surface area contributed by atoms with E-state index >= 15 is 0 Å². The Bertz CT molecular complexity index is 946. The smallest absolute Gasteiger partial charge is 0.319 e. The molecule has 0 radical (unpaired) electrons. The van der Waals surface area contributed by atoms with Crippen LogP contribution in [0.15, 0.2) is 65.2 Å². The summed E-state index contributed by atoms with van der Waals surface area (Å²) < 4.78 is 4.85. The zero-order chi connectivity index (χ0) is 20.1. The number of amides is 1. The third kappa shape index (κ3) is 4.10. The highest BCUT2D eigenvalue weighted by Gasteiger charge is 2.44. The van der Waals surface area contributed by atoms with Gasteiger partial charge in [0.05, 0.1) is 23.8 Å². The van der Waals surface area contributed by atoms with Gasteiger partial charge in [-0.25, -0.2) is 0 Å². The number of hydrogen-bond acceptors (Lipinski definition) is 5. The topological polar surface area (TPSA) is 79.2 Å². The summed E-state index contributed by atoms with van der Waals surface area (Å²) in [5.74, 6) is -2.27. The number of benzene rings is 2. The molecule has 0 aliphatic carbocycles. The van der Waals surface area contributed by atoms with Crippen molar-refractivity contribution < 1.29 is 14.3 Å². The van der Waals surface area contributed by atoms with E-state index in [9.17, 15) is 14.9 Å². The van der Waals surface area contributed by atoms with Crippen molar-refractivity contribution in [2.24, 2.45) is 5.92 Å². The molecule has 142 valence electrons. The number of carbonyl (C=O) groups excluding carboxylic acids is 2. The average Bonchev–Trinajstić information content (AvgIpc) is 2.72. The van der Waals surface area contributed by atoms with Crippen molar-refractivity contribution in [1.82, 2.24) is 5.32 Å². The van der Waals surface area contributed by atoms with Crippen LogP contribution in [0.25, 0.3) is 0 Å². The average molecular weight is 392 g/mol. The Labute approximate surface area is 168 Å². The molecule has 1 aliphatic heterocycles. The second-order valence-corrected chi connectivity index (χ2v) is 7.49. The zero-order valence-corrected chi connectivity index (χ0v) is 16.5. The minimum absolute atomic E-state index is 0.375. The molecule has 0 aromatic heterocycles. The number of nitrogens with one attached hydrogen (secondary N) is 1. The standard InChI is InChI=1S/C22H20N2O3S/c1-14-8-10-16(11-9-14)18-17(12-23)21(24-20(25)19(18)22(26)27-2)28-13-15-6-4-3-5-7-15/h3-11,18-19H,13H2,1-2H3,(H,24,25)/t18-,19+/m1/s1. The highest BCUT2D eigenvalue weighted by Crippen LogP contribution is 2.40. The Morgan fingerprint density at radius 1 is 1.18 bits per heavy atom.